The van der Waals surface area contributed by atoms with Crippen molar-refractivity contribution in [2.24, 2.45) is 5.41 Å². The van der Waals surface area contributed by atoms with Gasteiger partial charge in [0.2, 0.25) is 0 Å². The Morgan fingerprint density at radius 3 is 2.03 bits per heavy atom. The summed E-state index contributed by atoms with van der Waals surface area (Å²) in [6, 6.07) is 20.6. The molecule has 0 aromatic heterocycles. The van der Waals surface area contributed by atoms with E-state index < -0.39 is 23.5 Å². The van der Waals surface area contributed by atoms with Gasteiger partial charge < -0.3 is 15.2 Å². The predicted octanol–water partition coefficient (Wildman–Crippen LogP) is 6.41. The molecule has 0 saturated heterocycles. The van der Waals surface area contributed by atoms with Crippen molar-refractivity contribution in [1.29, 1.82) is 0 Å². The van der Waals surface area contributed by atoms with E-state index in [-0.39, 0.29) is 17.9 Å². The van der Waals surface area contributed by atoms with Crippen molar-refractivity contribution in [1.82, 2.24) is 5.32 Å². The van der Waals surface area contributed by atoms with E-state index in [9.17, 15) is 14.7 Å². The van der Waals surface area contributed by atoms with Crippen molar-refractivity contribution in [2.75, 3.05) is 6.61 Å². The van der Waals surface area contributed by atoms with Crippen LogP contribution in [0, 0.1) is 5.41 Å². The van der Waals surface area contributed by atoms with Crippen LogP contribution < -0.4 is 5.32 Å². The number of amides is 1. The number of carbonyl (C=O) groups excluding carboxylic acids is 1. The standard InChI is InChI=1S/C28H23Cl2NO4/c29-17-9-16(10-18(30)11-17)27-13-28(14-27,15-27)24(25(32)33)31-26(34)35-12-23-21-7-3-1-5-19(21)20-6-2-4-8-22(20)23/h1-11,23-24H,12-15H2,(H,31,34)(H,32,33). The Balaban J connectivity index is 1.13. The smallest absolute Gasteiger partial charge is 0.407 e. The van der Waals surface area contributed by atoms with E-state index in [1.165, 1.54) is 0 Å². The number of ether oxygens (including phenoxy) is 1. The van der Waals surface area contributed by atoms with Crippen molar-refractivity contribution >= 4 is 35.3 Å². The summed E-state index contributed by atoms with van der Waals surface area (Å²) in [6.07, 6.45) is 1.29. The third-order valence-electron chi connectivity index (χ3n) is 8.01. The first-order chi connectivity index (χ1) is 16.8. The van der Waals surface area contributed by atoms with Crippen molar-refractivity contribution in [3.63, 3.8) is 0 Å². The van der Waals surface area contributed by atoms with Crippen LogP contribution in [0.4, 0.5) is 4.79 Å². The van der Waals surface area contributed by atoms with E-state index in [1.54, 1.807) is 6.07 Å². The molecule has 3 aromatic carbocycles. The van der Waals surface area contributed by atoms with E-state index in [0.29, 0.717) is 29.3 Å². The molecule has 2 bridgehead atoms. The van der Waals surface area contributed by atoms with Crippen LogP contribution >= 0.6 is 23.2 Å². The minimum atomic E-state index is -1.05. The Bertz CT molecular complexity index is 1290. The van der Waals surface area contributed by atoms with Crippen LogP contribution in [0.25, 0.3) is 11.1 Å². The van der Waals surface area contributed by atoms with Gasteiger partial charge in [0.1, 0.15) is 12.6 Å². The summed E-state index contributed by atoms with van der Waals surface area (Å²) in [5.74, 6) is -1.13. The molecule has 1 amide bonds. The second-order valence-electron chi connectivity index (χ2n) is 10.1. The Kier molecular flexibility index (Phi) is 5.13. The third-order valence-corrected chi connectivity index (χ3v) is 8.45. The molecule has 0 spiro atoms. The number of benzene rings is 3. The number of fused-ring (bicyclic) bond motifs is 3. The van der Waals surface area contributed by atoms with Crippen LogP contribution in [0.5, 0.6) is 0 Å². The Labute approximate surface area is 213 Å². The molecule has 3 aromatic rings. The molecule has 3 fully saturated rings. The quantitative estimate of drug-likeness (QED) is 0.404. The largest absolute Gasteiger partial charge is 0.480 e. The topological polar surface area (TPSA) is 75.6 Å². The molecular formula is C28H23Cl2NO4. The summed E-state index contributed by atoms with van der Waals surface area (Å²) in [5, 5.41) is 13.7. The predicted molar refractivity (Wildman–Crippen MR) is 134 cm³/mol. The van der Waals surface area contributed by atoms with Gasteiger partial charge in [-0.1, -0.05) is 71.7 Å². The van der Waals surface area contributed by atoms with Gasteiger partial charge in [-0.3, -0.25) is 0 Å². The lowest BCUT2D eigenvalue weighted by Gasteiger charge is -2.72. The first-order valence-corrected chi connectivity index (χ1v) is 12.4. The maximum atomic E-state index is 12.8. The molecule has 0 radical (unpaired) electrons. The van der Waals surface area contributed by atoms with Crippen molar-refractivity contribution in [2.45, 2.75) is 36.6 Å². The first kappa shape index (κ1) is 22.4. The zero-order valence-electron chi connectivity index (χ0n) is 18.8. The minimum absolute atomic E-state index is 0.0813. The Morgan fingerprint density at radius 1 is 0.943 bits per heavy atom. The molecule has 35 heavy (non-hydrogen) atoms. The van der Waals surface area contributed by atoms with Crippen LogP contribution in [0.3, 0.4) is 0 Å². The van der Waals surface area contributed by atoms with Crippen LogP contribution in [0.15, 0.2) is 66.7 Å². The number of carbonyl (C=O) groups is 2. The second kappa shape index (κ2) is 8.00. The highest BCUT2D eigenvalue weighted by molar-refractivity contribution is 6.34. The highest BCUT2D eigenvalue weighted by Gasteiger charge is 2.72. The van der Waals surface area contributed by atoms with Crippen molar-refractivity contribution in [3.8, 4) is 11.1 Å². The molecule has 0 aliphatic heterocycles. The number of aliphatic carboxylic acids is 1. The average Bonchev–Trinajstić information content (AvgIpc) is 3.08. The van der Waals surface area contributed by atoms with Crippen molar-refractivity contribution in [3.05, 3.63) is 93.5 Å². The van der Waals surface area contributed by atoms with E-state index in [4.69, 9.17) is 27.9 Å². The summed E-state index contributed by atoms with van der Waals surface area (Å²) < 4.78 is 5.59. The number of carboxylic acid groups (broad SMARTS) is 1. The molecule has 5 nitrogen and oxygen atoms in total. The summed E-state index contributed by atoms with van der Waals surface area (Å²) in [6.45, 7) is 0.143. The lowest BCUT2D eigenvalue weighted by molar-refractivity contribution is -0.183. The SMILES string of the molecule is O=C(NC(C(=O)O)C12CC(c3cc(Cl)cc(Cl)c3)(C1)C2)OCC1c2ccccc2-c2ccccc21. The fourth-order valence-electron chi connectivity index (χ4n) is 6.57. The van der Waals surface area contributed by atoms with Gasteiger partial charge in [0, 0.05) is 21.4 Å². The number of hydrogen-bond donors (Lipinski definition) is 2. The van der Waals surface area contributed by atoms with Crippen molar-refractivity contribution < 1.29 is 19.4 Å². The molecule has 4 aliphatic carbocycles. The number of nitrogens with one attached hydrogen (secondary N) is 1. The molecule has 3 saturated carbocycles. The van der Waals surface area contributed by atoms with E-state index >= 15 is 0 Å². The monoisotopic (exact) mass is 507 g/mol. The molecular weight excluding hydrogens is 485 g/mol. The van der Waals surface area contributed by atoms with Gasteiger partial charge in [-0.15, -0.1) is 0 Å². The molecule has 1 atom stereocenters. The highest BCUT2D eigenvalue weighted by atomic mass is 35.5. The Hall–Kier alpha value is -3.02. The summed E-state index contributed by atoms with van der Waals surface area (Å²) in [5.41, 5.74) is 4.93. The molecule has 0 heterocycles. The van der Waals surface area contributed by atoms with Gasteiger partial charge >= 0.3 is 12.1 Å². The molecule has 7 heteroatoms. The molecule has 178 valence electrons. The first-order valence-electron chi connectivity index (χ1n) is 11.6. The molecule has 1 unspecified atom stereocenters. The third kappa shape index (κ3) is 3.52. The van der Waals surface area contributed by atoms with Gasteiger partial charge in [0.25, 0.3) is 0 Å². The maximum Gasteiger partial charge on any atom is 0.407 e. The van der Waals surface area contributed by atoms with Gasteiger partial charge in [-0.2, -0.15) is 0 Å². The lowest BCUT2D eigenvalue weighted by atomic mass is 9.31. The lowest BCUT2D eigenvalue weighted by Crippen LogP contribution is -2.73. The zero-order valence-corrected chi connectivity index (χ0v) is 20.3. The summed E-state index contributed by atoms with van der Waals surface area (Å²) in [7, 11) is 0. The fourth-order valence-corrected chi connectivity index (χ4v) is 7.10. The number of halogens is 2. The van der Waals surface area contributed by atoms with Crippen LogP contribution in [-0.2, 0) is 14.9 Å². The molecule has 4 aliphatic rings. The van der Waals surface area contributed by atoms with E-state index in [1.807, 2.05) is 48.5 Å². The number of rotatable bonds is 6. The fraction of sp³-hybridized carbons (Fsp3) is 0.286. The minimum Gasteiger partial charge on any atom is -0.480 e. The van der Waals surface area contributed by atoms with Crippen LogP contribution in [0.1, 0.15) is 41.9 Å². The molecule has 7 rings (SSSR count). The van der Waals surface area contributed by atoms with E-state index in [0.717, 1.165) is 27.8 Å². The zero-order chi connectivity index (χ0) is 24.4. The van der Waals surface area contributed by atoms with Crippen LogP contribution in [0.2, 0.25) is 10.0 Å². The summed E-state index contributed by atoms with van der Waals surface area (Å²) in [4.78, 5) is 24.9. The number of hydrogen-bond acceptors (Lipinski definition) is 3. The maximum absolute atomic E-state index is 12.8. The van der Waals surface area contributed by atoms with Gasteiger partial charge in [0.05, 0.1) is 0 Å². The number of carboxylic acids is 1. The number of alkyl carbamates (subject to hydrolysis) is 1. The Morgan fingerprint density at radius 2 is 1.49 bits per heavy atom. The highest BCUT2D eigenvalue weighted by Crippen LogP contribution is 2.75. The normalized spacial score (nSPS) is 24.4. The van der Waals surface area contributed by atoms with Gasteiger partial charge in [-0.05, 0) is 70.7 Å². The van der Waals surface area contributed by atoms with E-state index in [2.05, 4.69) is 17.4 Å². The molecule has 2 N–H and O–H groups in total. The van der Waals surface area contributed by atoms with Crippen LogP contribution in [-0.4, -0.2) is 29.8 Å². The van der Waals surface area contributed by atoms with Gasteiger partial charge in [0.15, 0.2) is 0 Å². The average molecular weight is 508 g/mol. The summed E-state index contributed by atoms with van der Waals surface area (Å²) >= 11 is 12.3. The second-order valence-corrected chi connectivity index (χ2v) is 10.9. The van der Waals surface area contributed by atoms with Gasteiger partial charge in [-0.25, -0.2) is 9.59 Å².